The van der Waals surface area contributed by atoms with Gasteiger partial charge in [0.05, 0.1) is 0 Å². The molecule has 0 bridgehead atoms. The van der Waals surface area contributed by atoms with Crippen LogP contribution in [0.5, 0.6) is 0 Å². The first-order valence-corrected chi connectivity index (χ1v) is 7.83. The smallest absolute Gasteiger partial charge is 0.00772 e. The summed E-state index contributed by atoms with van der Waals surface area (Å²) in [5.74, 6) is 0. The van der Waals surface area contributed by atoms with Gasteiger partial charge in [-0.2, -0.15) is 0 Å². The molecule has 1 fully saturated rings. The van der Waals surface area contributed by atoms with Crippen molar-refractivity contribution in [3.8, 4) is 0 Å². The fraction of sp³-hybridized carbons (Fsp3) is 1.00. The molecule has 1 aliphatic rings. The van der Waals surface area contributed by atoms with E-state index in [1.807, 2.05) is 0 Å². The molecule has 0 amide bonds. The van der Waals surface area contributed by atoms with Gasteiger partial charge in [-0.05, 0) is 25.9 Å². The van der Waals surface area contributed by atoms with Gasteiger partial charge in [-0.3, -0.25) is 0 Å². The zero-order chi connectivity index (χ0) is 12.7. The maximum Gasteiger partial charge on any atom is 0.00772 e. The van der Waals surface area contributed by atoms with Gasteiger partial charge in [-0.15, -0.1) is 0 Å². The highest BCUT2D eigenvalue weighted by molar-refractivity contribution is 4.58. The lowest BCUT2D eigenvalue weighted by molar-refractivity contribution is 0.524. The molecule has 4 heteroatoms. The predicted molar refractivity (Wildman–Crippen MR) is 79.2 cm³/mol. The van der Waals surface area contributed by atoms with Crippen LogP contribution in [-0.2, 0) is 0 Å². The van der Waals surface area contributed by atoms with Crippen molar-refractivity contribution in [2.24, 2.45) is 0 Å². The van der Waals surface area contributed by atoms with Crippen molar-refractivity contribution in [1.82, 2.24) is 21.3 Å². The van der Waals surface area contributed by atoms with E-state index >= 15 is 0 Å². The molecule has 0 aromatic rings. The van der Waals surface area contributed by atoms with Crippen molar-refractivity contribution in [3.63, 3.8) is 0 Å². The Morgan fingerprint density at radius 1 is 0.278 bits per heavy atom. The Hall–Kier alpha value is -0.160. The van der Waals surface area contributed by atoms with Gasteiger partial charge in [-0.1, -0.05) is 25.7 Å². The van der Waals surface area contributed by atoms with Crippen molar-refractivity contribution in [3.05, 3.63) is 0 Å². The summed E-state index contributed by atoms with van der Waals surface area (Å²) in [6.45, 7) is 8.87. The van der Waals surface area contributed by atoms with E-state index in [4.69, 9.17) is 0 Å². The molecular formula is C14H32N4. The third-order valence-corrected chi connectivity index (χ3v) is 3.39. The summed E-state index contributed by atoms with van der Waals surface area (Å²) in [6.07, 6.45) is 8.25. The number of hydrogen-bond donors (Lipinski definition) is 4. The van der Waals surface area contributed by atoms with Crippen LogP contribution in [0.3, 0.4) is 0 Å². The third kappa shape index (κ3) is 11.0. The minimum atomic E-state index is 1.07. The van der Waals surface area contributed by atoms with Crippen LogP contribution in [0, 0.1) is 0 Å². The van der Waals surface area contributed by atoms with Crippen LogP contribution in [0.2, 0.25) is 0 Å². The molecule has 0 saturated carbocycles. The Morgan fingerprint density at radius 3 is 0.944 bits per heavy atom. The van der Waals surface area contributed by atoms with Gasteiger partial charge < -0.3 is 21.3 Å². The second-order valence-electron chi connectivity index (χ2n) is 5.12. The molecule has 0 unspecified atom stereocenters. The highest BCUT2D eigenvalue weighted by Crippen LogP contribution is 2.04. The lowest BCUT2D eigenvalue weighted by Gasteiger charge is -2.09. The highest BCUT2D eigenvalue weighted by Gasteiger charge is 1.94. The molecule has 1 rings (SSSR count). The summed E-state index contributed by atoms with van der Waals surface area (Å²) >= 11 is 0. The van der Waals surface area contributed by atoms with E-state index in [-0.39, 0.29) is 0 Å². The van der Waals surface area contributed by atoms with Crippen LogP contribution in [0.1, 0.15) is 38.5 Å². The Balaban J connectivity index is 2.00. The van der Waals surface area contributed by atoms with E-state index < -0.39 is 0 Å². The largest absolute Gasteiger partial charge is 0.315 e. The molecule has 108 valence electrons. The standard InChI is InChI=1S/C14H32N4/c1-2-4-6-8-16-10-12-18-14-13-17-11-9-15-7-5-3-1/h15-18H,1-14H2. The lowest BCUT2D eigenvalue weighted by atomic mass is 10.1. The summed E-state index contributed by atoms with van der Waals surface area (Å²) in [5.41, 5.74) is 0. The summed E-state index contributed by atoms with van der Waals surface area (Å²) in [4.78, 5) is 0. The van der Waals surface area contributed by atoms with E-state index in [2.05, 4.69) is 21.3 Å². The average molecular weight is 256 g/mol. The van der Waals surface area contributed by atoms with Gasteiger partial charge in [0.25, 0.3) is 0 Å². The lowest BCUT2D eigenvalue weighted by Crippen LogP contribution is -2.35. The molecule has 1 heterocycles. The van der Waals surface area contributed by atoms with E-state index in [0.29, 0.717) is 0 Å². The molecule has 0 aromatic carbocycles. The van der Waals surface area contributed by atoms with E-state index in [9.17, 15) is 0 Å². The normalized spacial score (nSPS) is 24.0. The Morgan fingerprint density at radius 2 is 0.556 bits per heavy atom. The molecule has 0 atom stereocenters. The van der Waals surface area contributed by atoms with Gasteiger partial charge in [0.2, 0.25) is 0 Å². The van der Waals surface area contributed by atoms with Crippen molar-refractivity contribution in [1.29, 1.82) is 0 Å². The summed E-state index contributed by atoms with van der Waals surface area (Å²) in [6, 6.07) is 0. The molecule has 1 aliphatic heterocycles. The zero-order valence-electron chi connectivity index (χ0n) is 11.9. The molecule has 4 N–H and O–H groups in total. The van der Waals surface area contributed by atoms with E-state index in [1.54, 1.807) is 0 Å². The second kappa shape index (κ2) is 13.3. The monoisotopic (exact) mass is 256 g/mol. The Bertz CT molecular complexity index is 88.8. The molecule has 0 spiro atoms. The maximum atomic E-state index is 3.50. The van der Waals surface area contributed by atoms with Crippen LogP contribution >= 0.6 is 0 Å². The second-order valence-corrected chi connectivity index (χ2v) is 5.12. The first kappa shape index (κ1) is 15.9. The van der Waals surface area contributed by atoms with Gasteiger partial charge in [0.15, 0.2) is 0 Å². The maximum absolute atomic E-state index is 3.50. The van der Waals surface area contributed by atoms with Gasteiger partial charge in [-0.25, -0.2) is 0 Å². The minimum Gasteiger partial charge on any atom is -0.315 e. The molecule has 0 aromatic heterocycles. The quantitative estimate of drug-likeness (QED) is 0.515. The average Bonchev–Trinajstić information content (AvgIpc) is 2.39. The first-order chi connectivity index (χ1) is 9.00. The van der Waals surface area contributed by atoms with Gasteiger partial charge >= 0.3 is 0 Å². The van der Waals surface area contributed by atoms with Crippen molar-refractivity contribution >= 4 is 0 Å². The topological polar surface area (TPSA) is 48.1 Å². The molecule has 4 nitrogen and oxygen atoms in total. The van der Waals surface area contributed by atoms with Crippen LogP contribution in [0.25, 0.3) is 0 Å². The van der Waals surface area contributed by atoms with Gasteiger partial charge in [0.1, 0.15) is 0 Å². The number of hydrogen-bond acceptors (Lipinski definition) is 4. The SMILES string of the molecule is C1CCCCNCCNCCNCCNCCC1. The minimum absolute atomic E-state index is 1.07. The molecule has 1 saturated heterocycles. The fourth-order valence-electron chi connectivity index (χ4n) is 2.24. The predicted octanol–water partition coefficient (Wildman–Crippen LogP) is 0.699. The third-order valence-electron chi connectivity index (χ3n) is 3.39. The van der Waals surface area contributed by atoms with Crippen LogP contribution < -0.4 is 21.3 Å². The summed E-state index contributed by atoms with van der Waals surface area (Å²) < 4.78 is 0. The van der Waals surface area contributed by atoms with Crippen molar-refractivity contribution in [2.75, 3.05) is 52.4 Å². The zero-order valence-corrected chi connectivity index (χ0v) is 11.9. The van der Waals surface area contributed by atoms with Crippen LogP contribution in [0.4, 0.5) is 0 Å². The Kier molecular flexibility index (Phi) is 11.7. The number of rotatable bonds is 0. The van der Waals surface area contributed by atoms with Gasteiger partial charge in [0, 0.05) is 39.3 Å². The number of nitrogens with one attached hydrogen (secondary N) is 4. The fourth-order valence-corrected chi connectivity index (χ4v) is 2.24. The Labute approximate surface area is 113 Å². The summed E-state index contributed by atoms with van der Waals surface area (Å²) in [5, 5.41) is 13.9. The molecule has 18 heavy (non-hydrogen) atoms. The van der Waals surface area contributed by atoms with E-state index in [1.165, 1.54) is 51.6 Å². The van der Waals surface area contributed by atoms with Crippen LogP contribution in [0.15, 0.2) is 0 Å². The van der Waals surface area contributed by atoms with E-state index in [0.717, 1.165) is 39.3 Å². The molecular weight excluding hydrogens is 224 g/mol. The molecule has 0 radical (unpaired) electrons. The molecule has 0 aliphatic carbocycles. The first-order valence-electron chi connectivity index (χ1n) is 7.83. The highest BCUT2D eigenvalue weighted by atomic mass is 15.0. The van der Waals surface area contributed by atoms with Crippen molar-refractivity contribution < 1.29 is 0 Å². The summed E-state index contributed by atoms with van der Waals surface area (Å²) in [7, 11) is 0. The van der Waals surface area contributed by atoms with Crippen LogP contribution in [-0.4, -0.2) is 52.4 Å². The van der Waals surface area contributed by atoms with Crippen molar-refractivity contribution in [2.45, 2.75) is 38.5 Å².